The molecule has 2 aliphatic rings. The molecule has 0 bridgehead atoms. The highest BCUT2D eigenvalue weighted by molar-refractivity contribution is 7.86. The second-order valence-electron chi connectivity index (χ2n) is 7.18. The number of fused-ring (bicyclic) bond motifs is 2. The number of carbonyl (C=O) groups excluding carboxylic acids is 2. The number of hydrogen-bond donors (Lipinski definition) is 3. The third kappa shape index (κ3) is 2.98. The van der Waals surface area contributed by atoms with Crippen molar-refractivity contribution >= 4 is 27.4 Å². The fourth-order valence-corrected chi connectivity index (χ4v) is 4.64. The molecular formula is C20H19NO6S. The van der Waals surface area contributed by atoms with Crippen molar-refractivity contribution in [2.24, 2.45) is 0 Å². The Balaban J connectivity index is 1.96. The minimum absolute atomic E-state index is 0.0108. The summed E-state index contributed by atoms with van der Waals surface area (Å²) in [5.41, 5.74) is -0.0198. The number of aromatic hydroxyl groups is 1. The maximum Gasteiger partial charge on any atom is 0.298 e. The number of anilines is 1. The lowest BCUT2D eigenvalue weighted by atomic mass is 9.82. The summed E-state index contributed by atoms with van der Waals surface area (Å²) in [5.74, 6) is -2.03. The van der Waals surface area contributed by atoms with E-state index in [1.807, 2.05) is 0 Å². The summed E-state index contributed by atoms with van der Waals surface area (Å²) in [4.78, 5) is 25.3. The first-order valence-corrected chi connectivity index (χ1v) is 10.6. The zero-order valence-electron chi connectivity index (χ0n) is 14.9. The predicted octanol–water partition coefficient (Wildman–Crippen LogP) is 3.16. The van der Waals surface area contributed by atoms with Gasteiger partial charge in [0, 0.05) is 22.9 Å². The summed E-state index contributed by atoms with van der Waals surface area (Å²) in [5, 5.41) is 13.6. The molecule has 0 saturated heterocycles. The van der Waals surface area contributed by atoms with Crippen molar-refractivity contribution < 1.29 is 27.7 Å². The van der Waals surface area contributed by atoms with Crippen LogP contribution in [0.5, 0.6) is 5.75 Å². The number of phenols is 1. The molecule has 28 heavy (non-hydrogen) atoms. The van der Waals surface area contributed by atoms with Gasteiger partial charge in [-0.15, -0.1) is 0 Å². The summed E-state index contributed by atoms with van der Waals surface area (Å²) >= 11 is 0. The first-order valence-electron chi connectivity index (χ1n) is 9.11. The summed E-state index contributed by atoms with van der Waals surface area (Å²) in [6, 6.07) is 7.24. The first kappa shape index (κ1) is 18.6. The molecule has 2 aliphatic carbocycles. The highest BCUT2D eigenvalue weighted by Crippen LogP contribution is 2.41. The van der Waals surface area contributed by atoms with Gasteiger partial charge in [-0.25, -0.2) is 0 Å². The topological polar surface area (TPSA) is 121 Å². The van der Waals surface area contributed by atoms with Crippen LogP contribution in [0.3, 0.4) is 0 Å². The molecule has 0 atom stereocenters. The molecule has 0 aliphatic heterocycles. The van der Waals surface area contributed by atoms with Crippen LogP contribution in [0.4, 0.5) is 5.69 Å². The van der Waals surface area contributed by atoms with Crippen molar-refractivity contribution in [2.45, 2.75) is 43.0 Å². The fraction of sp³-hybridized carbons (Fsp3) is 0.300. The van der Waals surface area contributed by atoms with Gasteiger partial charge in [0.25, 0.3) is 10.1 Å². The molecule has 0 radical (unpaired) electrons. The molecule has 0 spiro atoms. The Kier molecular flexibility index (Phi) is 4.47. The van der Waals surface area contributed by atoms with E-state index in [2.05, 4.69) is 5.32 Å². The average molecular weight is 401 g/mol. The number of nitrogens with one attached hydrogen (secondary N) is 1. The van der Waals surface area contributed by atoms with Crippen LogP contribution in [0.25, 0.3) is 0 Å². The van der Waals surface area contributed by atoms with Crippen molar-refractivity contribution in [3.63, 3.8) is 0 Å². The Bertz CT molecular complexity index is 1100. The molecule has 7 nitrogen and oxygen atoms in total. The number of phenolic OH excluding ortho intramolecular Hbond substituents is 1. The first-order chi connectivity index (χ1) is 13.3. The number of benzene rings is 2. The monoisotopic (exact) mass is 401 g/mol. The van der Waals surface area contributed by atoms with E-state index in [0.29, 0.717) is 0 Å². The number of hydrogen-bond acceptors (Lipinski definition) is 6. The highest BCUT2D eigenvalue weighted by Gasteiger charge is 2.37. The molecule has 2 aromatic rings. The van der Waals surface area contributed by atoms with Gasteiger partial charge in [0.05, 0.1) is 11.1 Å². The van der Waals surface area contributed by atoms with Gasteiger partial charge in [-0.05, 0) is 18.9 Å². The van der Waals surface area contributed by atoms with Gasteiger partial charge in [0.2, 0.25) is 0 Å². The lowest BCUT2D eigenvalue weighted by Crippen LogP contribution is -2.27. The van der Waals surface area contributed by atoms with Gasteiger partial charge in [0.1, 0.15) is 10.6 Å². The summed E-state index contributed by atoms with van der Waals surface area (Å²) in [7, 11) is -4.80. The minimum atomic E-state index is -4.80. The second kappa shape index (κ2) is 6.72. The van der Waals surface area contributed by atoms with Gasteiger partial charge in [-0.1, -0.05) is 43.5 Å². The average Bonchev–Trinajstić information content (AvgIpc) is 2.67. The van der Waals surface area contributed by atoms with E-state index in [-0.39, 0.29) is 28.4 Å². The summed E-state index contributed by atoms with van der Waals surface area (Å²) < 4.78 is 33.1. The van der Waals surface area contributed by atoms with E-state index in [1.54, 1.807) is 12.1 Å². The van der Waals surface area contributed by atoms with Crippen molar-refractivity contribution in [2.75, 3.05) is 5.32 Å². The Morgan fingerprint density at radius 3 is 2.07 bits per heavy atom. The predicted molar refractivity (Wildman–Crippen MR) is 102 cm³/mol. The maximum absolute atomic E-state index is 13.1. The van der Waals surface area contributed by atoms with Crippen LogP contribution in [0.1, 0.15) is 63.9 Å². The molecule has 0 heterocycles. The zero-order chi connectivity index (χ0) is 20.1. The van der Waals surface area contributed by atoms with Crippen LogP contribution >= 0.6 is 0 Å². The van der Waals surface area contributed by atoms with Crippen molar-refractivity contribution in [1.82, 2.24) is 0 Å². The van der Waals surface area contributed by atoms with Gasteiger partial charge in [-0.2, -0.15) is 8.42 Å². The Morgan fingerprint density at radius 1 is 0.929 bits per heavy atom. The minimum Gasteiger partial charge on any atom is -0.506 e. The molecule has 1 saturated carbocycles. The van der Waals surface area contributed by atoms with Gasteiger partial charge < -0.3 is 10.4 Å². The molecule has 0 unspecified atom stereocenters. The summed E-state index contributed by atoms with van der Waals surface area (Å²) in [6.45, 7) is 0. The zero-order valence-corrected chi connectivity index (χ0v) is 15.8. The third-order valence-corrected chi connectivity index (χ3v) is 6.25. The van der Waals surface area contributed by atoms with Crippen LogP contribution in [-0.2, 0) is 10.1 Å². The molecule has 0 aromatic heterocycles. The largest absolute Gasteiger partial charge is 0.506 e. The number of rotatable bonds is 3. The van der Waals surface area contributed by atoms with E-state index in [9.17, 15) is 27.7 Å². The standard InChI is InChI=1S/C20H19NO6S/c22-18-12-8-4-5-9-13(12)19(23)17-16(18)14(21-11-6-2-1-3-7-11)10-15(20(17)24)28(25,26)27/h4-5,8-11,21,24H,1-3,6-7H2,(H,25,26,27). The second-order valence-corrected chi connectivity index (χ2v) is 8.57. The van der Waals surface area contributed by atoms with E-state index < -0.39 is 37.9 Å². The van der Waals surface area contributed by atoms with E-state index in [0.717, 1.165) is 38.2 Å². The molecular weight excluding hydrogens is 382 g/mol. The van der Waals surface area contributed by atoms with Crippen molar-refractivity contribution in [3.05, 3.63) is 52.6 Å². The van der Waals surface area contributed by atoms with Crippen molar-refractivity contribution in [3.8, 4) is 5.75 Å². The number of carbonyl (C=O) groups is 2. The third-order valence-electron chi connectivity index (χ3n) is 5.38. The molecule has 2 aromatic carbocycles. The summed E-state index contributed by atoms with van der Waals surface area (Å²) in [6.07, 6.45) is 4.79. The Labute approximate surface area is 162 Å². The van der Waals surface area contributed by atoms with Crippen molar-refractivity contribution in [1.29, 1.82) is 0 Å². The van der Waals surface area contributed by atoms with Crippen LogP contribution < -0.4 is 5.32 Å². The molecule has 146 valence electrons. The SMILES string of the molecule is O=C1c2ccccc2C(=O)c2c(O)c(S(=O)(=O)O)cc(NC3CCCCC3)c21. The van der Waals surface area contributed by atoms with Crippen LogP contribution in [0.15, 0.2) is 35.2 Å². The normalized spacial score (nSPS) is 17.2. The van der Waals surface area contributed by atoms with E-state index in [4.69, 9.17) is 0 Å². The fourth-order valence-electron chi connectivity index (χ4n) is 4.03. The molecule has 1 fully saturated rings. The maximum atomic E-state index is 13.1. The van der Waals surface area contributed by atoms with Gasteiger partial charge in [0.15, 0.2) is 11.6 Å². The van der Waals surface area contributed by atoms with E-state index in [1.165, 1.54) is 12.1 Å². The molecule has 8 heteroatoms. The van der Waals surface area contributed by atoms with Gasteiger partial charge >= 0.3 is 0 Å². The Morgan fingerprint density at radius 2 is 1.50 bits per heavy atom. The Hall–Kier alpha value is -2.71. The lowest BCUT2D eigenvalue weighted by molar-refractivity contribution is 0.0976. The lowest BCUT2D eigenvalue weighted by Gasteiger charge is -2.28. The smallest absolute Gasteiger partial charge is 0.298 e. The molecule has 0 amide bonds. The van der Waals surface area contributed by atoms with Crippen LogP contribution in [-0.4, -0.2) is 35.7 Å². The number of ketones is 2. The van der Waals surface area contributed by atoms with E-state index >= 15 is 0 Å². The van der Waals surface area contributed by atoms with Crippen LogP contribution in [0, 0.1) is 0 Å². The van der Waals surface area contributed by atoms with Crippen LogP contribution in [0.2, 0.25) is 0 Å². The molecule has 4 rings (SSSR count). The quantitative estimate of drug-likeness (QED) is 0.455. The van der Waals surface area contributed by atoms with Gasteiger partial charge in [-0.3, -0.25) is 14.1 Å². The molecule has 3 N–H and O–H groups in total. The highest BCUT2D eigenvalue weighted by atomic mass is 32.2.